The van der Waals surface area contributed by atoms with Gasteiger partial charge in [0.1, 0.15) is 11.9 Å². The van der Waals surface area contributed by atoms with Crippen molar-refractivity contribution in [1.29, 1.82) is 0 Å². The van der Waals surface area contributed by atoms with Crippen LogP contribution in [-0.2, 0) is 23.4 Å². The van der Waals surface area contributed by atoms with Crippen LogP contribution in [0.3, 0.4) is 0 Å². The van der Waals surface area contributed by atoms with Crippen LogP contribution < -0.4 is 16.5 Å². The van der Waals surface area contributed by atoms with Crippen LogP contribution in [0.15, 0.2) is 52.3 Å². The first-order chi connectivity index (χ1) is 16.4. The molecule has 1 fully saturated rings. The molecule has 0 saturated carbocycles. The molecule has 0 radical (unpaired) electrons. The highest BCUT2D eigenvalue weighted by molar-refractivity contribution is 8.56. The van der Waals surface area contributed by atoms with Crippen molar-refractivity contribution in [3.63, 3.8) is 0 Å². The Kier molecular flexibility index (Phi) is 8.76. The molecule has 35 heavy (non-hydrogen) atoms. The number of carbonyl (C=O) groups excluding carboxylic acids is 1. The summed E-state index contributed by atoms with van der Waals surface area (Å²) >= 11 is 0.926. The van der Waals surface area contributed by atoms with E-state index in [4.69, 9.17) is 19.7 Å². The molecule has 2 heterocycles. The van der Waals surface area contributed by atoms with E-state index in [1.165, 1.54) is 26.1 Å². The van der Waals surface area contributed by atoms with E-state index in [0.29, 0.717) is 4.90 Å². The summed E-state index contributed by atoms with van der Waals surface area (Å²) in [6.07, 6.45) is -1.22. The van der Waals surface area contributed by atoms with Gasteiger partial charge in [-0.2, -0.15) is 4.98 Å². The molecule has 0 aliphatic carbocycles. The van der Waals surface area contributed by atoms with Crippen molar-refractivity contribution in [3.05, 3.63) is 53.1 Å². The lowest BCUT2D eigenvalue weighted by molar-refractivity contribution is -0.149. The smallest absolute Gasteiger partial charge is 0.351 e. The fraction of sp³-hybridized carbons (Fsp3) is 0.500. The van der Waals surface area contributed by atoms with Crippen LogP contribution >= 0.6 is 18.1 Å². The van der Waals surface area contributed by atoms with E-state index in [1.54, 1.807) is 38.1 Å². The number of nitrogens with zero attached hydrogens (tertiary/aromatic N) is 2. The van der Waals surface area contributed by atoms with E-state index >= 15 is 4.39 Å². The Balaban J connectivity index is 1.74. The predicted octanol–water partition coefficient (Wildman–Crippen LogP) is 3.69. The van der Waals surface area contributed by atoms with Crippen LogP contribution in [0.25, 0.3) is 0 Å². The highest BCUT2D eigenvalue weighted by atomic mass is 32.7. The zero-order chi connectivity index (χ0) is 25.8. The van der Waals surface area contributed by atoms with Crippen LogP contribution in [0.2, 0.25) is 0 Å². The van der Waals surface area contributed by atoms with Gasteiger partial charge in [0.25, 0.3) is 0 Å². The summed E-state index contributed by atoms with van der Waals surface area (Å²) in [6, 6.07) is 9.32. The van der Waals surface area contributed by atoms with E-state index in [0.717, 1.165) is 15.9 Å². The molecular weight excluding hydrogens is 498 g/mol. The quantitative estimate of drug-likeness (QED) is 0.347. The molecule has 13 heteroatoms. The molecule has 3 rings (SSSR count). The summed E-state index contributed by atoms with van der Waals surface area (Å²) in [7, 11) is 0. The van der Waals surface area contributed by atoms with Crippen molar-refractivity contribution >= 4 is 29.9 Å². The summed E-state index contributed by atoms with van der Waals surface area (Å²) in [6.45, 7) is 2.27. The second-order valence-corrected chi connectivity index (χ2v) is 12.8. The fourth-order valence-electron chi connectivity index (χ4n) is 3.49. The van der Waals surface area contributed by atoms with Crippen LogP contribution in [-0.4, -0.2) is 46.0 Å². The number of nitrogens with two attached hydrogens (primary N) is 1. The Morgan fingerprint density at radius 2 is 2.06 bits per heavy atom. The zero-order valence-corrected chi connectivity index (χ0v) is 21.6. The molecule has 2 aromatic rings. The highest BCUT2D eigenvalue weighted by Crippen LogP contribution is 2.60. The molecule has 3 N–H and O–H groups in total. The lowest BCUT2D eigenvalue weighted by Gasteiger charge is -2.24. The number of carbonyl (C=O) groups is 1. The average molecular weight is 529 g/mol. The number of alkyl halides is 1. The topological polar surface area (TPSA) is 135 Å². The Labute approximate surface area is 207 Å². The fourth-order valence-corrected chi connectivity index (χ4v) is 7.34. The zero-order valence-electron chi connectivity index (χ0n) is 19.9. The van der Waals surface area contributed by atoms with Gasteiger partial charge in [0.15, 0.2) is 11.9 Å². The maximum absolute atomic E-state index is 15.3. The van der Waals surface area contributed by atoms with Crippen molar-refractivity contribution in [2.24, 2.45) is 0 Å². The minimum absolute atomic E-state index is 0.0137. The summed E-state index contributed by atoms with van der Waals surface area (Å²) in [5, 5.41) is 2.74. The van der Waals surface area contributed by atoms with Crippen LogP contribution in [0.4, 0.5) is 10.2 Å². The number of ether oxygens (including phenoxy) is 2. The first-order valence-electron chi connectivity index (χ1n) is 11.0. The minimum Gasteiger partial charge on any atom is -0.462 e. The second-order valence-electron chi connectivity index (χ2n) is 8.67. The number of benzene rings is 1. The molecule has 1 aromatic carbocycles. The number of hydrogen-bond donors (Lipinski definition) is 2. The van der Waals surface area contributed by atoms with Gasteiger partial charge in [0, 0.05) is 17.5 Å². The molecule has 0 spiro atoms. The van der Waals surface area contributed by atoms with Gasteiger partial charge in [0.05, 0.1) is 18.8 Å². The molecule has 5 atom stereocenters. The summed E-state index contributed by atoms with van der Waals surface area (Å²) in [5.41, 5.74) is 2.85. The van der Waals surface area contributed by atoms with Gasteiger partial charge in [0.2, 0.25) is 0 Å². The molecule has 1 unspecified atom stereocenters. The largest absolute Gasteiger partial charge is 0.462 e. The molecule has 1 saturated heterocycles. The van der Waals surface area contributed by atoms with E-state index < -0.39 is 42.4 Å². The predicted molar refractivity (Wildman–Crippen MR) is 131 cm³/mol. The van der Waals surface area contributed by atoms with Gasteiger partial charge in [-0.05, 0) is 57.3 Å². The van der Waals surface area contributed by atoms with Crippen LogP contribution in [0.1, 0.15) is 40.3 Å². The van der Waals surface area contributed by atoms with E-state index in [-0.39, 0.29) is 24.9 Å². The monoisotopic (exact) mass is 528 g/mol. The lowest BCUT2D eigenvalue weighted by Crippen LogP contribution is -2.35. The Morgan fingerprint density at radius 1 is 1.37 bits per heavy atom. The molecule has 0 bridgehead atoms. The van der Waals surface area contributed by atoms with Crippen molar-refractivity contribution in [1.82, 2.24) is 14.6 Å². The van der Waals surface area contributed by atoms with Gasteiger partial charge in [-0.3, -0.25) is 13.9 Å². The molecule has 1 aromatic heterocycles. The standard InChI is InChI=1S/C22H30FN4O6PS/c1-14(2)32-19(28)15(3)26-34(30,35-17-8-6-5-7-9-17)31-13-16-12-22(4,23)20(33-16)27-11-10-18(24)25-21(27)29/h5-11,14-16,20H,12-13H2,1-4H3,(H,26,30)(H2,24,25,29)/t15-,16-,20+,22+,34?/m0/s1. The number of rotatable bonds is 10. The molecular formula is C22H30FN4O6PS. The third-order valence-corrected chi connectivity index (χ3v) is 8.93. The number of nitrogen functional groups attached to an aromatic ring is 1. The van der Waals surface area contributed by atoms with E-state index in [1.807, 2.05) is 6.07 Å². The van der Waals surface area contributed by atoms with Gasteiger partial charge >= 0.3 is 18.4 Å². The van der Waals surface area contributed by atoms with Gasteiger partial charge in [-0.25, -0.2) is 14.3 Å². The molecule has 192 valence electrons. The Morgan fingerprint density at radius 3 is 2.69 bits per heavy atom. The third kappa shape index (κ3) is 7.37. The number of esters is 1. The first kappa shape index (κ1) is 27.3. The van der Waals surface area contributed by atoms with Crippen molar-refractivity contribution in [2.75, 3.05) is 12.3 Å². The maximum atomic E-state index is 15.3. The van der Waals surface area contributed by atoms with Crippen molar-refractivity contribution < 1.29 is 27.7 Å². The minimum atomic E-state index is -3.73. The van der Waals surface area contributed by atoms with Crippen molar-refractivity contribution in [2.45, 2.75) is 69.2 Å². The first-order valence-corrected chi connectivity index (χ1v) is 14.1. The summed E-state index contributed by atoms with van der Waals surface area (Å²) < 4.78 is 46.8. The lowest BCUT2D eigenvalue weighted by atomic mass is 10.0. The SMILES string of the molecule is CC(C)OC(=O)[C@H](C)NP(=O)(OC[C@@H]1C[C@@](C)(F)[C@H](n2ccc(N)nc2=O)O1)Sc1ccccc1. The summed E-state index contributed by atoms with van der Waals surface area (Å²) in [5.74, 6) is -0.569. The average Bonchev–Trinajstić information content (AvgIpc) is 3.06. The van der Waals surface area contributed by atoms with Gasteiger partial charge in [-0.15, -0.1) is 0 Å². The third-order valence-electron chi connectivity index (χ3n) is 5.02. The van der Waals surface area contributed by atoms with Crippen molar-refractivity contribution in [3.8, 4) is 0 Å². The van der Waals surface area contributed by atoms with Crippen LogP contribution in [0, 0.1) is 0 Å². The number of nitrogens with one attached hydrogen (secondary N) is 1. The normalized spacial score (nSPS) is 24.7. The summed E-state index contributed by atoms with van der Waals surface area (Å²) in [4.78, 5) is 28.8. The van der Waals surface area contributed by atoms with E-state index in [2.05, 4.69) is 10.1 Å². The Hall–Kier alpha value is -2.24. The van der Waals surface area contributed by atoms with Crippen LogP contribution in [0.5, 0.6) is 0 Å². The maximum Gasteiger partial charge on any atom is 0.351 e. The number of aromatic nitrogens is 2. The second kappa shape index (κ2) is 11.2. The Bertz CT molecular complexity index is 1130. The number of hydrogen-bond acceptors (Lipinski definition) is 9. The van der Waals surface area contributed by atoms with Gasteiger partial charge < -0.3 is 19.7 Å². The number of halogens is 1. The van der Waals surface area contributed by atoms with E-state index in [9.17, 15) is 14.2 Å². The highest BCUT2D eigenvalue weighted by Gasteiger charge is 2.48. The van der Waals surface area contributed by atoms with Gasteiger partial charge in [-0.1, -0.05) is 18.2 Å². The molecule has 1 aliphatic rings. The number of anilines is 1. The molecule has 1 aliphatic heterocycles. The molecule has 0 amide bonds. The molecule has 10 nitrogen and oxygen atoms in total.